The van der Waals surface area contributed by atoms with Gasteiger partial charge in [0, 0.05) is 31.7 Å². The van der Waals surface area contributed by atoms with Crippen molar-refractivity contribution >= 4 is 15.9 Å². The predicted octanol–water partition coefficient (Wildman–Crippen LogP) is 0.632. The number of hydrogen-bond acceptors (Lipinski definition) is 4. The van der Waals surface area contributed by atoms with E-state index in [0.717, 1.165) is 39.0 Å². The van der Waals surface area contributed by atoms with Crippen LogP contribution in [0.5, 0.6) is 0 Å². The molecule has 2 heterocycles. The Hall–Kier alpha value is -0.820. The van der Waals surface area contributed by atoms with Gasteiger partial charge in [-0.3, -0.25) is 0 Å². The summed E-state index contributed by atoms with van der Waals surface area (Å²) in [5, 5.41) is 2.94. The third-order valence-corrected chi connectivity index (χ3v) is 6.43. The van der Waals surface area contributed by atoms with Gasteiger partial charge in [-0.1, -0.05) is 0 Å². The second kappa shape index (κ2) is 6.12. The molecular weight excluding hydrogens is 292 g/mol. The largest absolute Gasteiger partial charge is 0.381 e. The van der Waals surface area contributed by atoms with E-state index in [-0.39, 0.29) is 23.5 Å². The fourth-order valence-electron chi connectivity index (χ4n) is 3.16. The first kappa shape index (κ1) is 15.1. The van der Waals surface area contributed by atoms with Gasteiger partial charge in [0.25, 0.3) is 0 Å². The van der Waals surface area contributed by atoms with Gasteiger partial charge >= 0.3 is 6.03 Å². The van der Waals surface area contributed by atoms with Gasteiger partial charge in [-0.05, 0) is 31.6 Å². The smallest absolute Gasteiger partial charge is 0.317 e. The quantitative estimate of drug-likeness (QED) is 0.807. The topological polar surface area (TPSA) is 75.7 Å². The van der Waals surface area contributed by atoms with Crippen molar-refractivity contribution in [3.8, 4) is 0 Å². The minimum absolute atomic E-state index is 0.0336. The standard InChI is InChI=1S/C14H24N2O4S/c17-14(15-7-11-4-6-21(18,19)10-11)16(13-1-2-13)8-12-3-5-20-9-12/h11-13H,1-10H2,(H,15,17)/t11-,12-/m0/s1. The molecule has 0 unspecified atom stereocenters. The zero-order valence-corrected chi connectivity index (χ0v) is 13.1. The van der Waals surface area contributed by atoms with Crippen molar-refractivity contribution in [1.29, 1.82) is 0 Å². The van der Waals surface area contributed by atoms with Crippen LogP contribution >= 0.6 is 0 Å². The van der Waals surface area contributed by atoms with E-state index < -0.39 is 9.84 Å². The van der Waals surface area contributed by atoms with Crippen LogP contribution in [0.3, 0.4) is 0 Å². The summed E-state index contributed by atoms with van der Waals surface area (Å²) < 4.78 is 28.2. The van der Waals surface area contributed by atoms with Crippen LogP contribution in [0.1, 0.15) is 25.7 Å². The average molecular weight is 316 g/mol. The Morgan fingerprint density at radius 2 is 2.00 bits per heavy atom. The van der Waals surface area contributed by atoms with Crippen LogP contribution in [0.25, 0.3) is 0 Å². The molecule has 1 aliphatic carbocycles. The van der Waals surface area contributed by atoms with E-state index in [0.29, 0.717) is 24.9 Å². The summed E-state index contributed by atoms with van der Waals surface area (Å²) in [6.45, 7) is 2.78. The molecule has 0 aromatic carbocycles. The van der Waals surface area contributed by atoms with E-state index in [1.54, 1.807) is 0 Å². The highest BCUT2D eigenvalue weighted by Gasteiger charge is 2.35. The minimum atomic E-state index is -2.87. The lowest BCUT2D eigenvalue weighted by molar-refractivity contribution is 0.161. The van der Waals surface area contributed by atoms with Crippen LogP contribution in [0.2, 0.25) is 0 Å². The Bertz CT molecular complexity index is 483. The van der Waals surface area contributed by atoms with E-state index in [9.17, 15) is 13.2 Å². The lowest BCUT2D eigenvalue weighted by Crippen LogP contribution is -2.45. The molecule has 1 saturated carbocycles. The van der Waals surface area contributed by atoms with Gasteiger partial charge in [0.2, 0.25) is 0 Å². The highest BCUT2D eigenvalue weighted by molar-refractivity contribution is 7.91. The first-order chi connectivity index (χ1) is 10.0. The fraction of sp³-hybridized carbons (Fsp3) is 0.929. The molecule has 7 heteroatoms. The highest BCUT2D eigenvalue weighted by Crippen LogP contribution is 2.29. The summed E-state index contributed by atoms with van der Waals surface area (Å²) in [5.41, 5.74) is 0. The SMILES string of the molecule is O=C(NC[C@@H]1CCS(=O)(=O)C1)N(C[C@@H]1CCOC1)C1CC1. The van der Waals surface area contributed by atoms with Crippen LogP contribution in [-0.4, -0.2) is 63.2 Å². The number of urea groups is 1. The molecule has 6 nitrogen and oxygen atoms in total. The van der Waals surface area contributed by atoms with Gasteiger partial charge in [-0.2, -0.15) is 0 Å². The van der Waals surface area contributed by atoms with Gasteiger partial charge in [-0.15, -0.1) is 0 Å². The van der Waals surface area contributed by atoms with Gasteiger partial charge in [0.1, 0.15) is 0 Å². The zero-order valence-electron chi connectivity index (χ0n) is 12.3. The maximum Gasteiger partial charge on any atom is 0.317 e. The average Bonchev–Trinajstić information content (AvgIpc) is 3.03. The Morgan fingerprint density at radius 1 is 1.19 bits per heavy atom. The number of nitrogens with zero attached hydrogens (tertiary/aromatic N) is 1. The number of sulfone groups is 1. The van der Waals surface area contributed by atoms with Crippen LogP contribution in [0, 0.1) is 11.8 Å². The molecular formula is C14H24N2O4S. The first-order valence-electron chi connectivity index (χ1n) is 7.86. The number of hydrogen-bond donors (Lipinski definition) is 1. The Balaban J connectivity index is 1.48. The molecule has 2 aliphatic heterocycles. The Kier molecular flexibility index (Phi) is 4.40. The molecule has 120 valence electrons. The third-order valence-electron chi connectivity index (χ3n) is 4.60. The molecule has 2 atom stereocenters. The predicted molar refractivity (Wildman–Crippen MR) is 78.8 cm³/mol. The van der Waals surface area contributed by atoms with Gasteiger partial charge in [0.15, 0.2) is 9.84 Å². The number of nitrogens with one attached hydrogen (secondary N) is 1. The summed E-state index contributed by atoms with van der Waals surface area (Å²) in [5.74, 6) is 1.00. The molecule has 0 spiro atoms. The van der Waals surface area contributed by atoms with E-state index in [4.69, 9.17) is 4.74 Å². The maximum atomic E-state index is 12.4. The van der Waals surface area contributed by atoms with Gasteiger partial charge in [0.05, 0.1) is 18.1 Å². The lowest BCUT2D eigenvalue weighted by atomic mass is 10.1. The molecule has 1 N–H and O–H groups in total. The minimum Gasteiger partial charge on any atom is -0.381 e. The van der Waals surface area contributed by atoms with E-state index in [2.05, 4.69) is 5.32 Å². The van der Waals surface area contributed by atoms with Crippen LogP contribution in [-0.2, 0) is 14.6 Å². The molecule has 0 bridgehead atoms. The Morgan fingerprint density at radius 3 is 2.57 bits per heavy atom. The van der Waals surface area contributed by atoms with Crippen molar-refractivity contribution in [2.24, 2.45) is 11.8 Å². The van der Waals surface area contributed by atoms with Crippen molar-refractivity contribution in [3.63, 3.8) is 0 Å². The van der Waals surface area contributed by atoms with Crippen molar-refractivity contribution in [1.82, 2.24) is 10.2 Å². The second-order valence-corrected chi connectivity index (χ2v) is 8.80. The van der Waals surface area contributed by atoms with Crippen molar-refractivity contribution in [2.75, 3.05) is 37.8 Å². The summed E-state index contributed by atoms with van der Waals surface area (Å²) in [4.78, 5) is 14.3. The van der Waals surface area contributed by atoms with Crippen LogP contribution in [0.4, 0.5) is 4.79 Å². The highest BCUT2D eigenvalue weighted by atomic mass is 32.2. The monoisotopic (exact) mass is 316 g/mol. The van der Waals surface area contributed by atoms with E-state index >= 15 is 0 Å². The number of ether oxygens (including phenoxy) is 1. The summed E-state index contributed by atoms with van der Waals surface area (Å²) in [7, 11) is -2.87. The molecule has 3 aliphatic rings. The number of rotatable bonds is 5. The second-order valence-electron chi connectivity index (χ2n) is 6.57. The molecule has 3 rings (SSSR count). The molecule has 2 amide bonds. The van der Waals surface area contributed by atoms with Crippen LogP contribution < -0.4 is 5.32 Å². The zero-order chi connectivity index (χ0) is 14.9. The molecule has 0 radical (unpaired) electrons. The molecule has 0 aromatic heterocycles. The summed E-state index contributed by atoms with van der Waals surface area (Å²) in [6.07, 6.45) is 3.86. The van der Waals surface area contributed by atoms with E-state index in [1.807, 2.05) is 4.90 Å². The molecule has 21 heavy (non-hydrogen) atoms. The van der Waals surface area contributed by atoms with Gasteiger partial charge < -0.3 is 15.0 Å². The molecule has 3 fully saturated rings. The summed E-state index contributed by atoms with van der Waals surface area (Å²) in [6, 6.07) is 0.339. The molecule has 2 saturated heterocycles. The van der Waals surface area contributed by atoms with Crippen LogP contribution in [0.15, 0.2) is 0 Å². The fourth-order valence-corrected chi connectivity index (χ4v) is 5.02. The van der Waals surface area contributed by atoms with Crippen molar-refractivity contribution in [2.45, 2.75) is 31.7 Å². The summed E-state index contributed by atoms with van der Waals surface area (Å²) >= 11 is 0. The van der Waals surface area contributed by atoms with Crippen molar-refractivity contribution in [3.05, 3.63) is 0 Å². The van der Waals surface area contributed by atoms with Crippen molar-refractivity contribution < 1.29 is 17.9 Å². The number of amides is 2. The normalized spacial score (nSPS) is 31.2. The maximum absolute atomic E-state index is 12.4. The molecule has 0 aromatic rings. The Labute approximate surface area is 126 Å². The van der Waals surface area contributed by atoms with Gasteiger partial charge in [-0.25, -0.2) is 13.2 Å². The number of carbonyl (C=O) groups excluding carboxylic acids is 1. The third kappa shape index (κ3) is 4.10. The van der Waals surface area contributed by atoms with E-state index in [1.165, 1.54) is 0 Å². The lowest BCUT2D eigenvalue weighted by Gasteiger charge is -2.26. The number of carbonyl (C=O) groups is 1. The first-order valence-corrected chi connectivity index (χ1v) is 9.68.